The minimum Gasteiger partial charge on any atom is -0.462 e. The fourth-order valence-electron chi connectivity index (χ4n) is 3.82. The summed E-state index contributed by atoms with van der Waals surface area (Å²) in [4.78, 5) is 12.6. The fourth-order valence-corrected chi connectivity index (χ4v) is 3.82. The van der Waals surface area contributed by atoms with E-state index in [4.69, 9.17) is 4.74 Å². The van der Waals surface area contributed by atoms with Gasteiger partial charge in [-0.15, -0.1) is 5.10 Å². The van der Waals surface area contributed by atoms with Gasteiger partial charge in [0.05, 0.1) is 30.2 Å². The molecule has 4 rings (SSSR count). The van der Waals surface area contributed by atoms with Gasteiger partial charge in [0.25, 0.3) is 0 Å². The zero-order valence-electron chi connectivity index (χ0n) is 13.2. The van der Waals surface area contributed by atoms with E-state index in [0.717, 1.165) is 39.1 Å². The second kappa shape index (κ2) is 5.56. The van der Waals surface area contributed by atoms with Crippen LogP contribution >= 0.6 is 0 Å². The minimum absolute atomic E-state index is 0.0401. The molecule has 0 bridgehead atoms. The molecule has 1 aromatic rings. The average Bonchev–Trinajstić information content (AvgIpc) is 2.78. The molecule has 0 unspecified atom stereocenters. The summed E-state index contributed by atoms with van der Waals surface area (Å²) in [5, 5.41) is 14.9. The number of hydrogen-bond donors (Lipinski definition) is 0. The van der Waals surface area contributed by atoms with Crippen LogP contribution in [0.15, 0.2) is 6.20 Å². The molecule has 0 radical (unpaired) electrons. The largest absolute Gasteiger partial charge is 0.462 e. The van der Waals surface area contributed by atoms with E-state index in [1.54, 1.807) is 0 Å². The number of aromatic nitrogens is 2. The lowest BCUT2D eigenvalue weighted by atomic mass is 9.60. The Balaban J connectivity index is 1.38. The van der Waals surface area contributed by atoms with E-state index in [1.165, 1.54) is 10.9 Å². The number of rotatable bonds is 5. The molecule has 2 aliphatic heterocycles. The Labute approximate surface area is 140 Å². The van der Waals surface area contributed by atoms with Crippen LogP contribution in [0.5, 0.6) is 5.88 Å². The van der Waals surface area contributed by atoms with Gasteiger partial charge in [0, 0.05) is 13.1 Å². The number of nitro groups is 1. The van der Waals surface area contributed by atoms with Crippen molar-refractivity contribution in [3.8, 4) is 5.88 Å². The summed E-state index contributed by atoms with van der Waals surface area (Å²) in [5.74, 6) is -0.579. The molecule has 1 aromatic heterocycles. The number of hydrogen-bond acceptors (Lipinski definition) is 6. The van der Waals surface area contributed by atoms with Crippen LogP contribution in [0.2, 0.25) is 0 Å². The van der Waals surface area contributed by atoms with Crippen LogP contribution < -0.4 is 4.74 Å². The van der Waals surface area contributed by atoms with Gasteiger partial charge in [-0.25, -0.2) is 0 Å². The third-order valence-electron chi connectivity index (χ3n) is 5.17. The zero-order chi connectivity index (χ0) is 17.8. The van der Waals surface area contributed by atoms with Gasteiger partial charge in [0.2, 0.25) is 0 Å². The van der Waals surface area contributed by atoms with Gasteiger partial charge in [-0.2, -0.15) is 13.2 Å². The Bertz CT molecular complexity index is 674. The molecule has 8 nitrogen and oxygen atoms in total. The Morgan fingerprint density at radius 3 is 2.56 bits per heavy atom. The first-order valence-electron chi connectivity index (χ1n) is 8.00. The van der Waals surface area contributed by atoms with Gasteiger partial charge in [0.15, 0.2) is 6.61 Å². The number of halogens is 3. The highest BCUT2D eigenvalue weighted by atomic mass is 19.4. The zero-order valence-corrected chi connectivity index (χ0v) is 13.2. The monoisotopic (exact) mass is 362 g/mol. The minimum atomic E-state index is -4.57. The van der Waals surface area contributed by atoms with Gasteiger partial charge >= 0.3 is 17.7 Å². The molecule has 0 aromatic carbocycles. The maximum Gasteiger partial charge on any atom is 0.422 e. The molecule has 1 spiro atoms. The van der Waals surface area contributed by atoms with Crippen LogP contribution in [0.1, 0.15) is 18.9 Å². The first kappa shape index (κ1) is 16.6. The fraction of sp³-hybridized carbons (Fsp3) is 0.786. The molecule has 11 heteroatoms. The van der Waals surface area contributed by atoms with Crippen molar-refractivity contribution >= 4 is 5.69 Å². The summed E-state index contributed by atoms with van der Waals surface area (Å²) in [6, 6.07) is 0.458. The van der Waals surface area contributed by atoms with Gasteiger partial charge < -0.3 is 9.47 Å². The molecule has 2 saturated heterocycles. The molecule has 138 valence electrons. The predicted octanol–water partition coefficient (Wildman–Crippen LogP) is 1.77. The molecule has 1 aliphatic carbocycles. The van der Waals surface area contributed by atoms with Crippen molar-refractivity contribution in [2.45, 2.75) is 31.1 Å². The molecule has 0 amide bonds. The molecule has 3 aliphatic rings. The van der Waals surface area contributed by atoms with E-state index in [2.05, 4.69) is 14.7 Å². The molecule has 0 atom stereocenters. The molecule has 3 fully saturated rings. The molecule has 25 heavy (non-hydrogen) atoms. The first-order chi connectivity index (χ1) is 11.7. The normalized spacial score (nSPS) is 23.8. The van der Waals surface area contributed by atoms with Gasteiger partial charge in [-0.3, -0.25) is 19.7 Å². The number of alkyl halides is 3. The van der Waals surface area contributed by atoms with Crippen LogP contribution in [-0.4, -0.2) is 64.7 Å². The van der Waals surface area contributed by atoms with Crippen LogP contribution in [-0.2, 0) is 4.74 Å². The Morgan fingerprint density at radius 1 is 1.36 bits per heavy atom. The van der Waals surface area contributed by atoms with Crippen molar-refractivity contribution in [2.75, 3.05) is 32.9 Å². The second-order valence-corrected chi connectivity index (χ2v) is 7.12. The van der Waals surface area contributed by atoms with E-state index in [9.17, 15) is 23.3 Å². The highest BCUT2D eigenvalue weighted by molar-refractivity contribution is 5.38. The van der Waals surface area contributed by atoms with Crippen molar-refractivity contribution in [3.63, 3.8) is 0 Å². The lowest BCUT2D eigenvalue weighted by molar-refractivity contribution is -0.386. The maximum absolute atomic E-state index is 12.3. The van der Waals surface area contributed by atoms with Gasteiger partial charge in [-0.05, 0) is 18.3 Å². The van der Waals surface area contributed by atoms with Crippen LogP contribution in [0.4, 0.5) is 18.9 Å². The summed E-state index contributed by atoms with van der Waals surface area (Å²) in [5.41, 5.74) is -0.333. The third-order valence-corrected chi connectivity index (χ3v) is 5.17. The highest BCUT2D eigenvalue weighted by Gasteiger charge is 2.55. The van der Waals surface area contributed by atoms with Crippen LogP contribution in [0, 0.1) is 15.5 Å². The van der Waals surface area contributed by atoms with E-state index >= 15 is 0 Å². The smallest absolute Gasteiger partial charge is 0.422 e. The van der Waals surface area contributed by atoms with Gasteiger partial charge in [-0.1, -0.05) is 0 Å². The summed E-state index contributed by atoms with van der Waals surface area (Å²) in [7, 11) is 0. The summed E-state index contributed by atoms with van der Waals surface area (Å²) in [6.07, 6.45) is -1.78. The SMILES string of the molecule is O=[N+]([O-])c1cn(C2CC3(C2)CN(C2COC2)C3)nc1OCC(F)(F)F. The van der Waals surface area contributed by atoms with Crippen molar-refractivity contribution in [2.24, 2.45) is 5.41 Å². The van der Waals surface area contributed by atoms with E-state index in [0.29, 0.717) is 6.04 Å². The van der Waals surface area contributed by atoms with Crippen molar-refractivity contribution < 1.29 is 27.6 Å². The van der Waals surface area contributed by atoms with Crippen molar-refractivity contribution in [3.05, 3.63) is 16.3 Å². The second-order valence-electron chi connectivity index (χ2n) is 7.12. The van der Waals surface area contributed by atoms with Crippen LogP contribution in [0.25, 0.3) is 0 Å². The van der Waals surface area contributed by atoms with Crippen molar-refractivity contribution in [1.82, 2.24) is 14.7 Å². The standard InChI is InChI=1S/C14H17F3N4O4/c15-14(16,17)8-25-12-11(21(22)23)3-20(18-12)9-1-13(2-9)6-19(7-13)10-4-24-5-10/h3,9-10H,1-2,4-8H2. The average molecular weight is 362 g/mol. The van der Waals surface area contributed by atoms with Crippen molar-refractivity contribution in [1.29, 1.82) is 0 Å². The number of nitrogens with zero attached hydrogens (tertiary/aromatic N) is 4. The molecule has 3 heterocycles. The Hall–Kier alpha value is -1.88. The Morgan fingerprint density at radius 2 is 2.04 bits per heavy atom. The van der Waals surface area contributed by atoms with E-state index < -0.39 is 29.3 Å². The quantitative estimate of drug-likeness (QED) is 0.586. The molecule has 0 N–H and O–H groups in total. The predicted molar refractivity (Wildman–Crippen MR) is 77.3 cm³/mol. The topological polar surface area (TPSA) is 82.7 Å². The van der Waals surface area contributed by atoms with Crippen LogP contribution in [0.3, 0.4) is 0 Å². The third kappa shape index (κ3) is 3.06. The molecular weight excluding hydrogens is 345 g/mol. The highest BCUT2D eigenvalue weighted by Crippen LogP contribution is 2.55. The van der Waals surface area contributed by atoms with E-state index in [-0.39, 0.29) is 11.5 Å². The lowest BCUT2D eigenvalue weighted by Gasteiger charge is -2.61. The number of ether oxygens (including phenoxy) is 2. The molecular formula is C14H17F3N4O4. The number of likely N-dealkylation sites (tertiary alicyclic amines) is 1. The summed E-state index contributed by atoms with van der Waals surface area (Å²) in [6.45, 7) is 1.88. The Kier molecular flexibility index (Phi) is 3.69. The maximum atomic E-state index is 12.3. The summed E-state index contributed by atoms with van der Waals surface area (Å²) >= 11 is 0. The molecule has 1 saturated carbocycles. The lowest BCUT2D eigenvalue weighted by Crippen LogP contribution is -2.68. The van der Waals surface area contributed by atoms with Gasteiger partial charge in [0.1, 0.15) is 6.20 Å². The summed E-state index contributed by atoms with van der Waals surface area (Å²) < 4.78 is 47.9. The van der Waals surface area contributed by atoms with E-state index in [1.807, 2.05) is 0 Å². The first-order valence-corrected chi connectivity index (χ1v) is 8.00.